The molecule has 10 heteroatoms. The molecule has 0 aliphatic rings. The minimum atomic E-state index is -4.88. The molecule has 0 aliphatic heterocycles. The number of anilines is 1. The van der Waals surface area contributed by atoms with Crippen molar-refractivity contribution in [2.45, 2.75) is 12.7 Å². The van der Waals surface area contributed by atoms with Crippen LogP contribution in [0.5, 0.6) is 17.2 Å². The Kier molecular flexibility index (Phi) is 6.16. The average Bonchev–Trinajstić information content (AvgIpc) is 2.68. The molecule has 2 aromatic carbocycles. The summed E-state index contributed by atoms with van der Waals surface area (Å²) in [6.45, 7) is -0.301. The highest BCUT2D eigenvalue weighted by Crippen LogP contribution is 2.29. The highest BCUT2D eigenvalue weighted by molar-refractivity contribution is 7.92. The fraction of sp³-hybridized carbons (Fsp3) is 0.150. The van der Waals surface area contributed by atoms with Crippen LogP contribution in [0.1, 0.15) is 5.56 Å². The molecule has 0 amide bonds. The van der Waals surface area contributed by atoms with E-state index in [4.69, 9.17) is 4.74 Å². The van der Waals surface area contributed by atoms with E-state index in [1.165, 1.54) is 60.9 Å². The van der Waals surface area contributed by atoms with E-state index in [1.807, 2.05) is 0 Å². The van der Waals surface area contributed by atoms with E-state index in [2.05, 4.69) is 4.98 Å². The van der Waals surface area contributed by atoms with Gasteiger partial charge in [-0.05, 0) is 60.2 Å². The van der Waals surface area contributed by atoms with Gasteiger partial charge in [0.2, 0.25) is 10.0 Å². The molecule has 0 saturated carbocycles. The number of aromatic hydroxyl groups is 1. The third kappa shape index (κ3) is 5.86. The van der Waals surface area contributed by atoms with Crippen molar-refractivity contribution in [2.75, 3.05) is 10.1 Å². The summed E-state index contributed by atoms with van der Waals surface area (Å²) in [5, 5.41) is 9.30. The first-order valence-corrected chi connectivity index (χ1v) is 10.3. The van der Waals surface area contributed by atoms with E-state index >= 15 is 0 Å². The summed E-state index contributed by atoms with van der Waals surface area (Å²) in [7, 11) is -4.70. The highest BCUT2D eigenvalue weighted by Gasteiger charge is 2.38. The van der Waals surface area contributed by atoms with Gasteiger partial charge in [-0.25, -0.2) is 8.42 Å². The van der Waals surface area contributed by atoms with Crippen LogP contribution in [0.25, 0.3) is 0 Å². The van der Waals surface area contributed by atoms with Gasteiger partial charge in [-0.3, -0.25) is 9.29 Å². The van der Waals surface area contributed by atoms with Crippen LogP contribution in [-0.2, 0) is 16.6 Å². The topological polar surface area (TPSA) is 79.7 Å². The summed E-state index contributed by atoms with van der Waals surface area (Å²) < 4.78 is 69.8. The SMILES string of the molecule is O=S(=O)(CC(F)(F)F)N(Cc1cccnc1)c1ccc(Oc2ccc(O)cc2)cc1. The number of phenolic OH excluding ortho intramolecular Hbond substituents is 1. The van der Waals surface area contributed by atoms with Crippen LogP contribution >= 0.6 is 0 Å². The number of aromatic nitrogens is 1. The lowest BCUT2D eigenvalue weighted by atomic mass is 10.2. The van der Waals surface area contributed by atoms with Gasteiger partial charge in [0.1, 0.15) is 17.2 Å². The third-order valence-electron chi connectivity index (χ3n) is 3.93. The quantitative estimate of drug-likeness (QED) is 0.589. The van der Waals surface area contributed by atoms with Crippen molar-refractivity contribution in [3.8, 4) is 17.2 Å². The standard InChI is InChI=1S/C20H17F3N2O4S/c21-20(22,23)14-30(27,28)25(13-15-2-1-11-24-12-15)16-3-7-18(8-4-16)29-19-9-5-17(26)6-10-19/h1-12,26H,13-14H2. The zero-order chi connectivity index (χ0) is 21.8. The first-order valence-electron chi connectivity index (χ1n) is 8.65. The molecule has 1 aromatic heterocycles. The Balaban J connectivity index is 1.87. The van der Waals surface area contributed by atoms with E-state index in [-0.39, 0.29) is 18.0 Å². The smallest absolute Gasteiger partial charge is 0.404 e. The molecule has 0 radical (unpaired) electrons. The summed E-state index contributed by atoms with van der Waals surface area (Å²) in [5.74, 6) is -1.14. The number of alkyl halides is 3. The van der Waals surface area contributed by atoms with Crippen molar-refractivity contribution >= 4 is 15.7 Å². The van der Waals surface area contributed by atoms with E-state index < -0.39 is 22.0 Å². The number of pyridine rings is 1. The Bertz CT molecular complexity index is 1070. The minimum Gasteiger partial charge on any atom is -0.508 e. The van der Waals surface area contributed by atoms with Gasteiger partial charge in [0.05, 0.1) is 12.2 Å². The third-order valence-corrected chi connectivity index (χ3v) is 5.63. The predicted molar refractivity (Wildman–Crippen MR) is 105 cm³/mol. The molecule has 0 bridgehead atoms. The molecule has 0 fully saturated rings. The Hall–Kier alpha value is -3.27. The fourth-order valence-electron chi connectivity index (χ4n) is 2.62. The lowest BCUT2D eigenvalue weighted by Gasteiger charge is -2.25. The molecular weight excluding hydrogens is 421 g/mol. The van der Waals surface area contributed by atoms with Crippen LogP contribution in [0.2, 0.25) is 0 Å². The Morgan fingerprint density at radius 1 is 0.967 bits per heavy atom. The molecule has 0 aliphatic carbocycles. The van der Waals surface area contributed by atoms with Crippen molar-refractivity contribution in [1.82, 2.24) is 4.98 Å². The summed E-state index contributed by atoms with van der Waals surface area (Å²) >= 11 is 0. The minimum absolute atomic E-state index is 0.0566. The van der Waals surface area contributed by atoms with E-state index in [0.29, 0.717) is 21.4 Å². The maximum Gasteiger partial charge on any atom is 0.404 e. The van der Waals surface area contributed by atoms with Crippen LogP contribution in [0.15, 0.2) is 73.1 Å². The van der Waals surface area contributed by atoms with E-state index in [1.54, 1.807) is 12.1 Å². The first-order chi connectivity index (χ1) is 14.1. The molecule has 1 heterocycles. The van der Waals surface area contributed by atoms with Gasteiger partial charge < -0.3 is 9.84 Å². The lowest BCUT2D eigenvalue weighted by Crippen LogP contribution is -2.37. The lowest BCUT2D eigenvalue weighted by molar-refractivity contribution is -0.106. The normalized spacial score (nSPS) is 11.8. The van der Waals surface area contributed by atoms with Crippen molar-refractivity contribution in [1.29, 1.82) is 0 Å². The first kappa shape index (κ1) is 21.4. The maximum absolute atomic E-state index is 12.8. The van der Waals surface area contributed by atoms with Crippen molar-refractivity contribution in [3.05, 3.63) is 78.6 Å². The van der Waals surface area contributed by atoms with E-state index in [0.717, 1.165) is 0 Å². The van der Waals surface area contributed by atoms with Crippen molar-refractivity contribution in [3.63, 3.8) is 0 Å². The van der Waals surface area contributed by atoms with E-state index in [9.17, 15) is 26.7 Å². The van der Waals surface area contributed by atoms with Crippen LogP contribution < -0.4 is 9.04 Å². The number of hydrogen-bond donors (Lipinski definition) is 1. The Labute approximate surface area is 171 Å². The monoisotopic (exact) mass is 438 g/mol. The molecule has 1 N–H and O–H groups in total. The van der Waals surface area contributed by atoms with Crippen molar-refractivity contribution < 1.29 is 31.4 Å². The molecule has 3 rings (SSSR count). The number of sulfonamides is 1. The van der Waals surface area contributed by atoms with Gasteiger partial charge >= 0.3 is 6.18 Å². The highest BCUT2D eigenvalue weighted by atomic mass is 32.2. The largest absolute Gasteiger partial charge is 0.508 e. The molecule has 0 spiro atoms. The molecule has 0 unspecified atom stereocenters. The van der Waals surface area contributed by atoms with Crippen LogP contribution in [-0.4, -0.2) is 30.4 Å². The molecule has 6 nitrogen and oxygen atoms in total. The molecule has 30 heavy (non-hydrogen) atoms. The second kappa shape index (κ2) is 8.62. The number of halogens is 3. The average molecular weight is 438 g/mol. The maximum atomic E-state index is 12.8. The molecule has 158 valence electrons. The van der Waals surface area contributed by atoms with Gasteiger partial charge in [-0.2, -0.15) is 13.2 Å². The van der Waals surface area contributed by atoms with Gasteiger partial charge in [-0.15, -0.1) is 0 Å². The zero-order valence-corrected chi connectivity index (χ0v) is 16.3. The number of phenols is 1. The number of ether oxygens (including phenoxy) is 1. The van der Waals surface area contributed by atoms with Gasteiger partial charge in [0, 0.05) is 12.4 Å². The predicted octanol–water partition coefficient (Wildman–Crippen LogP) is 4.48. The molecular formula is C20H17F3N2O4S. The van der Waals surface area contributed by atoms with Crippen LogP contribution in [0, 0.1) is 0 Å². The number of benzene rings is 2. The molecule has 0 atom stereocenters. The van der Waals surface area contributed by atoms with Gasteiger partial charge in [0.25, 0.3) is 0 Å². The summed E-state index contributed by atoms with van der Waals surface area (Å²) in [6.07, 6.45) is -2.01. The molecule has 3 aromatic rings. The number of rotatable bonds is 7. The Morgan fingerprint density at radius 2 is 1.57 bits per heavy atom. The molecule has 0 saturated heterocycles. The van der Waals surface area contributed by atoms with Gasteiger partial charge in [-0.1, -0.05) is 6.07 Å². The fourth-order valence-corrected chi connectivity index (χ4v) is 3.98. The number of nitrogens with zero attached hydrogens (tertiary/aromatic N) is 2. The van der Waals surface area contributed by atoms with Crippen molar-refractivity contribution in [2.24, 2.45) is 0 Å². The summed E-state index contributed by atoms with van der Waals surface area (Å²) in [5.41, 5.74) is 0.494. The van der Waals surface area contributed by atoms with Crippen LogP contribution in [0.4, 0.5) is 18.9 Å². The summed E-state index contributed by atoms with van der Waals surface area (Å²) in [6, 6.07) is 14.7. The second-order valence-corrected chi connectivity index (χ2v) is 8.22. The Morgan fingerprint density at radius 3 is 2.10 bits per heavy atom. The van der Waals surface area contributed by atoms with Gasteiger partial charge in [0.15, 0.2) is 5.75 Å². The second-order valence-electron chi connectivity index (χ2n) is 6.33. The van der Waals surface area contributed by atoms with Crippen LogP contribution in [0.3, 0.4) is 0 Å². The summed E-state index contributed by atoms with van der Waals surface area (Å²) in [4.78, 5) is 3.87. The zero-order valence-electron chi connectivity index (χ0n) is 15.5. The number of hydrogen-bond acceptors (Lipinski definition) is 5.